The van der Waals surface area contributed by atoms with Crippen LogP contribution in [0.3, 0.4) is 0 Å². The molecule has 0 aliphatic carbocycles. The van der Waals surface area contributed by atoms with E-state index < -0.39 is 0 Å². The first-order valence-electron chi connectivity index (χ1n) is 8.53. The summed E-state index contributed by atoms with van der Waals surface area (Å²) in [6, 6.07) is 3.43. The van der Waals surface area contributed by atoms with Crippen LogP contribution in [0.1, 0.15) is 35.4 Å². The maximum absolute atomic E-state index is 12.8. The highest BCUT2D eigenvalue weighted by atomic mass is 16.5. The summed E-state index contributed by atoms with van der Waals surface area (Å²) in [5.41, 5.74) is 1.21. The van der Waals surface area contributed by atoms with Gasteiger partial charge < -0.3 is 19.1 Å². The van der Waals surface area contributed by atoms with E-state index in [0.717, 1.165) is 12.1 Å². The molecule has 0 saturated carbocycles. The van der Waals surface area contributed by atoms with Crippen molar-refractivity contribution in [1.29, 1.82) is 0 Å². The second-order valence-corrected chi connectivity index (χ2v) is 5.93. The lowest BCUT2D eigenvalue weighted by molar-refractivity contribution is 0.0782. The molecule has 0 radical (unpaired) electrons. The third-order valence-electron chi connectivity index (χ3n) is 4.30. The number of hydrogen-bond acceptors (Lipinski definition) is 7. The number of hydrogen-bond donors (Lipinski definition) is 0. The number of pyridine rings is 1. The Morgan fingerprint density at radius 3 is 2.88 bits per heavy atom. The topological polar surface area (TPSA) is 91.6 Å². The molecule has 0 N–H and O–H groups in total. The van der Waals surface area contributed by atoms with Gasteiger partial charge in [-0.05, 0) is 19.4 Å². The van der Waals surface area contributed by atoms with Gasteiger partial charge in [-0.3, -0.25) is 4.79 Å². The van der Waals surface area contributed by atoms with E-state index in [9.17, 15) is 4.79 Å². The Balaban J connectivity index is 1.68. The van der Waals surface area contributed by atoms with Crippen LogP contribution in [-0.2, 0) is 11.3 Å². The van der Waals surface area contributed by atoms with Gasteiger partial charge in [0, 0.05) is 25.8 Å². The average Bonchev–Trinajstić information content (AvgIpc) is 3.34. The zero-order chi connectivity index (χ0) is 18.5. The normalized spacial score (nSPS) is 16.7. The Hall–Kier alpha value is -2.68. The first-order valence-corrected chi connectivity index (χ1v) is 8.53. The van der Waals surface area contributed by atoms with Crippen molar-refractivity contribution < 1.29 is 19.0 Å². The zero-order valence-electron chi connectivity index (χ0n) is 15.2. The third kappa shape index (κ3) is 3.77. The number of ether oxygens (including phenoxy) is 3. The van der Waals surface area contributed by atoms with Crippen molar-refractivity contribution in [2.75, 3.05) is 33.9 Å². The Bertz CT molecular complexity index is 763. The summed E-state index contributed by atoms with van der Waals surface area (Å²) in [6.07, 6.45) is 2.69. The minimum atomic E-state index is -0.117. The maximum atomic E-state index is 12.8. The van der Waals surface area contributed by atoms with E-state index >= 15 is 0 Å². The number of aromatic nitrogens is 4. The van der Waals surface area contributed by atoms with Crippen LogP contribution in [0.5, 0.6) is 11.8 Å². The van der Waals surface area contributed by atoms with Crippen LogP contribution in [0.2, 0.25) is 0 Å². The van der Waals surface area contributed by atoms with E-state index in [1.807, 2.05) is 17.8 Å². The lowest BCUT2D eigenvalue weighted by atomic mass is 10.2. The molecule has 26 heavy (non-hydrogen) atoms. The Morgan fingerprint density at radius 2 is 2.15 bits per heavy atom. The molecule has 1 atom stereocenters. The fourth-order valence-electron chi connectivity index (χ4n) is 2.93. The number of carbonyl (C=O) groups excluding carboxylic acids is 1. The largest absolute Gasteiger partial charge is 0.481 e. The lowest BCUT2D eigenvalue weighted by Crippen LogP contribution is -2.29. The number of likely N-dealkylation sites (tertiary alicyclic amines) is 1. The highest BCUT2D eigenvalue weighted by Crippen LogP contribution is 2.26. The summed E-state index contributed by atoms with van der Waals surface area (Å²) in [4.78, 5) is 18.8. The molecular formula is C17H23N5O4. The van der Waals surface area contributed by atoms with Gasteiger partial charge in [-0.15, -0.1) is 5.10 Å². The van der Waals surface area contributed by atoms with Crippen molar-refractivity contribution in [3.63, 3.8) is 0 Å². The highest BCUT2D eigenvalue weighted by Gasteiger charge is 2.30. The molecule has 1 fully saturated rings. The van der Waals surface area contributed by atoms with Gasteiger partial charge in [0.05, 0.1) is 33.1 Å². The summed E-state index contributed by atoms with van der Waals surface area (Å²) in [6.45, 7) is 4.22. The Morgan fingerprint density at radius 1 is 1.31 bits per heavy atom. The SMILES string of the molecule is CCOCc1cn(C2CCN(C(=O)c3ccc(OC)nc3OC)C2)nn1. The Labute approximate surface area is 151 Å². The van der Waals surface area contributed by atoms with Gasteiger partial charge in [0.25, 0.3) is 5.91 Å². The van der Waals surface area contributed by atoms with E-state index in [0.29, 0.717) is 37.7 Å². The van der Waals surface area contributed by atoms with Crippen LogP contribution >= 0.6 is 0 Å². The van der Waals surface area contributed by atoms with Gasteiger partial charge in [-0.2, -0.15) is 4.98 Å². The van der Waals surface area contributed by atoms with E-state index in [1.54, 1.807) is 17.0 Å². The molecule has 1 amide bonds. The minimum absolute atomic E-state index is 0.0963. The number of carbonyl (C=O) groups is 1. The van der Waals surface area contributed by atoms with Crippen LogP contribution < -0.4 is 9.47 Å². The second kappa shape index (κ2) is 8.13. The predicted octanol–water partition coefficient (Wildman–Crippen LogP) is 1.31. The number of nitrogens with zero attached hydrogens (tertiary/aromatic N) is 5. The molecule has 0 spiro atoms. The lowest BCUT2D eigenvalue weighted by Gasteiger charge is -2.18. The van der Waals surface area contributed by atoms with Gasteiger partial charge in [-0.1, -0.05) is 5.21 Å². The molecule has 9 nitrogen and oxygen atoms in total. The second-order valence-electron chi connectivity index (χ2n) is 5.93. The first-order chi connectivity index (χ1) is 12.7. The summed E-state index contributed by atoms with van der Waals surface area (Å²) in [7, 11) is 3.01. The van der Waals surface area contributed by atoms with E-state index in [1.165, 1.54) is 14.2 Å². The smallest absolute Gasteiger partial charge is 0.259 e. The molecule has 2 aromatic rings. The van der Waals surface area contributed by atoms with Gasteiger partial charge in [-0.25, -0.2) is 4.68 Å². The zero-order valence-corrected chi connectivity index (χ0v) is 15.2. The molecule has 1 saturated heterocycles. The van der Waals surface area contributed by atoms with E-state index in [4.69, 9.17) is 14.2 Å². The summed E-state index contributed by atoms with van der Waals surface area (Å²) < 4.78 is 17.5. The molecule has 0 bridgehead atoms. The third-order valence-corrected chi connectivity index (χ3v) is 4.30. The van der Waals surface area contributed by atoms with Crippen molar-refractivity contribution in [2.45, 2.75) is 26.0 Å². The summed E-state index contributed by atoms with van der Waals surface area (Å²) in [5, 5.41) is 8.28. The summed E-state index contributed by atoms with van der Waals surface area (Å²) >= 11 is 0. The molecule has 2 aromatic heterocycles. The van der Waals surface area contributed by atoms with Crippen LogP contribution in [-0.4, -0.2) is 64.7 Å². The highest BCUT2D eigenvalue weighted by molar-refractivity contribution is 5.96. The molecule has 0 aromatic carbocycles. The number of methoxy groups -OCH3 is 2. The standard InChI is InChI=1S/C17H23N5O4/c1-4-26-11-12-9-22(20-19-12)13-7-8-21(10-13)17(23)14-5-6-15(24-2)18-16(14)25-3/h5-6,9,13H,4,7-8,10-11H2,1-3H3. The quantitative estimate of drug-likeness (QED) is 0.734. The van der Waals surface area contributed by atoms with E-state index in [2.05, 4.69) is 15.3 Å². The molecular weight excluding hydrogens is 338 g/mol. The van der Waals surface area contributed by atoms with Crippen molar-refractivity contribution in [3.05, 3.63) is 29.6 Å². The fraction of sp³-hybridized carbons (Fsp3) is 0.529. The molecule has 1 aliphatic heterocycles. The van der Waals surface area contributed by atoms with Gasteiger partial charge >= 0.3 is 0 Å². The van der Waals surface area contributed by atoms with Crippen molar-refractivity contribution in [2.24, 2.45) is 0 Å². The van der Waals surface area contributed by atoms with Crippen LogP contribution in [0.4, 0.5) is 0 Å². The molecule has 1 unspecified atom stereocenters. The van der Waals surface area contributed by atoms with Gasteiger partial charge in [0.15, 0.2) is 0 Å². The minimum Gasteiger partial charge on any atom is -0.481 e. The monoisotopic (exact) mass is 361 g/mol. The molecule has 9 heteroatoms. The van der Waals surface area contributed by atoms with E-state index in [-0.39, 0.29) is 17.8 Å². The van der Waals surface area contributed by atoms with Crippen molar-refractivity contribution in [3.8, 4) is 11.8 Å². The molecule has 3 rings (SSSR count). The first kappa shape index (κ1) is 18.1. The Kier molecular flexibility index (Phi) is 5.67. The predicted molar refractivity (Wildman–Crippen MR) is 92.3 cm³/mol. The molecule has 3 heterocycles. The van der Waals surface area contributed by atoms with Crippen LogP contribution in [0.25, 0.3) is 0 Å². The van der Waals surface area contributed by atoms with Crippen LogP contribution in [0, 0.1) is 0 Å². The average molecular weight is 361 g/mol. The maximum Gasteiger partial charge on any atom is 0.259 e. The molecule has 140 valence electrons. The summed E-state index contributed by atoms with van der Waals surface area (Å²) in [5.74, 6) is 0.550. The van der Waals surface area contributed by atoms with Gasteiger partial charge in [0.2, 0.25) is 11.8 Å². The number of amides is 1. The van der Waals surface area contributed by atoms with Crippen molar-refractivity contribution >= 4 is 5.91 Å². The van der Waals surface area contributed by atoms with Crippen LogP contribution in [0.15, 0.2) is 18.3 Å². The fourth-order valence-corrected chi connectivity index (χ4v) is 2.93. The van der Waals surface area contributed by atoms with Gasteiger partial charge in [0.1, 0.15) is 11.3 Å². The van der Waals surface area contributed by atoms with Crippen molar-refractivity contribution in [1.82, 2.24) is 24.9 Å². The number of rotatable bonds is 7. The molecule has 1 aliphatic rings.